The molecule has 0 aliphatic heterocycles. The van der Waals surface area contributed by atoms with Crippen LogP contribution in [0.5, 0.6) is 0 Å². The summed E-state index contributed by atoms with van der Waals surface area (Å²) in [6.45, 7) is 0. The van der Waals surface area contributed by atoms with E-state index < -0.39 is 0 Å². The van der Waals surface area contributed by atoms with Gasteiger partial charge >= 0.3 is 0 Å². The van der Waals surface area contributed by atoms with Crippen molar-refractivity contribution in [1.29, 1.82) is 0 Å². The molecule has 1 aromatic carbocycles. The predicted molar refractivity (Wildman–Crippen MR) is 85.9 cm³/mol. The number of hydrogen-bond donors (Lipinski definition) is 0. The number of halogens is 1. The van der Waals surface area contributed by atoms with E-state index in [1.165, 1.54) is 50.7 Å². The molecular weight excluding hydrogens is 279 g/mol. The Labute approximate surface area is 131 Å². The van der Waals surface area contributed by atoms with Gasteiger partial charge in [0.25, 0.3) is 0 Å². The fourth-order valence-corrected chi connectivity index (χ4v) is 3.30. The van der Waals surface area contributed by atoms with Crippen LogP contribution in [-0.4, -0.2) is 21.8 Å². The van der Waals surface area contributed by atoms with Gasteiger partial charge in [0, 0.05) is 25.7 Å². The molecule has 118 valence electrons. The quantitative estimate of drug-likeness (QED) is 0.798. The van der Waals surface area contributed by atoms with Crippen molar-refractivity contribution in [2.45, 2.75) is 44.4 Å². The molecule has 0 radical (unpaired) electrons. The highest BCUT2D eigenvalue weighted by Gasteiger charge is 2.22. The van der Waals surface area contributed by atoms with Gasteiger partial charge in [0.05, 0.1) is 0 Å². The average molecular weight is 302 g/mol. The summed E-state index contributed by atoms with van der Waals surface area (Å²) in [6, 6.07) is 6.45. The van der Waals surface area contributed by atoms with E-state index in [1.807, 2.05) is 19.0 Å². The summed E-state index contributed by atoms with van der Waals surface area (Å²) < 4.78 is 15.1. The van der Waals surface area contributed by atoms with Crippen LogP contribution in [-0.2, 0) is 7.05 Å². The van der Waals surface area contributed by atoms with E-state index in [0.29, 0.717) is 5.92 Å². The molecule has 2 aromatic rings. The van der Waals surface area contributed by atoms with Crippen LogP contribution < -0.4 is 4.90 Å². The van der Waals surface area contributed by atoms with Crippen molar-refractivity contribution >= 4 is 11.6 Å². The maximum absolute atomic E-state index is 13.1. The maximum Gasteiger partial charge on any atom is 0.231 e. The molecular formula is C17H23FN4. The zero-order valence-corrected chi connectivity index (χ0v) is 13.3. The maximum atomic E-state index is 13.1. The molecule has 22 heavy (non-hydrogen) atoms. The van der Waals surface area contributed by atoms with Gasteiger partial charge in [-0.05, 0) is 37.1 Å². The summed E-state index contributed by atoms with van der Waals surface area (Å²) in [4.78, 5) is 1.95. The number of rotatable bonds is 3. The Bertz CT molecular complexity index is 612. The Kier molecular flexibility index (Phi) is 4.41. The van der Waals surface area contributed by atoms with Crippen LogP contribution in [0.4, 0.5) is 16.0 Å². The first-order valence-corrected chi connectivity index (χ1v) is 8.05. The molecule has 0 N–H and O–H groups in total. The summed E-state index contributed by atoms with van der Waals surface area (Å²) in [5, 5.41) is 8.81. The molecule has 0 spiro atoms. The van der Waals surface area contributed by atoms with Crippen molar-refractivity contribution in [2.75, 3.05) is 11.9 Å². The van der Waals surface area contributed by atoms with Crippen LogP contribution in [0.25, 0.3) is 0 Å². The van der Waals surface area contributed by atoms with Crippen molar-refractivity contribution in [2.24, 2.45) is 7.05 Å². The average Bonchev–Trinajstić information content (AvgIpc) is 2.74. The highest BCUT2D eigenvalue weighted by atomic mass is 19.1. The fourth-order valence-electron chi connectivity index (χ4n) is 3.30. The first-order chi connectivity index (χ1) is 10.7. The molecule has 1 saturated carbocycles. The van der Waals surface area contributed by atoms with Gasteiger partial charge in [-0.25, -0.2) is 4.39 Å². The minimum absolute atomic E-state index is 0.228. The van der Waals surface area contributed by atoms with Gasteiger partial charge < -0.3 is 4.90 Å². The van der Waals surface area contributed by atoms with Gasteiger partial charge in [0.2, 0.25) is 5.95 Å². The van der Waals surface area contributed by atoms with E-state index in [9.17, 15) is 4.39 Å². The number of hydrogen-bond acceptors (Lipinski definition) is 3. The molecule has 1 aliphatic rings. The first kappa shape index (κ1) is 15.0. The molecule has 1 fully saturated rings. The summed E-state index contributed by atoms with van der Waals surface area (Å²) in [5.74, 6) is 2.15. The Hall–Kier alpha value is -1.91. The van der Waals surface area contributed by atoms with Crippen LogP contribution >= 0.6 is 0 Å². The second-order valence-electron chi connectivity index (χ2n) is 6.14. The topological polar surface area (TPSA) is 34.0 Å². The van der Waals surface area contributed by atoms with Crippen LogP contribution in [0.15, 0.2) is 24.3 Å². The van der Waals surface area contributed by atoms with E-state index in [1.54, 1.807) is 12.1 Å². The third kappa shape index (κ3) is 2.98. The first-order valence-electron chi connectivity index (χ1n) is 8.05. The van der Waals surface area contributed by atoms with Crippen LogP contribution in [0.2, 0.25) is 0 Å². The monoisotopic (exact) mass is 302 g/mol. The third-order valence-electron chi connectivity index (χ3n) is 4.62. The summed E-state index contributed by atoms with van der Waals surface area (Å²) in [7, 11) is 3.96. The lowest BCUT2D eigenvalue weighted by Gasteiger charge is -2.19. The molecule has 0 saturated heterocycles. The van der Waals surface area contributed by atoms with Gasteiger partial charge in [-0.2, -0.15) is 0 Å². The Morgan fingerprint density at radius 2 is 1.68 bits per heavy atom. The van der Waals surface area contributed by atoms with Gasteiger partial charge in [0.1, 0.15) is 11.6 Å². The largest absolute Gasteiger partial charge is 0.314 e. The molecule has 5 heteroatoms. The number of aromatic nitrogens is 3. The zero-order valence-electron chi connectivity index (χ0n) is 13.3. The summed E-state index contributed by atoms with van der Waals surface area (Å²) >= 11 is 0. The Morgan fingerprint density at radius 3 is 2.32 bits per heavy atom. The van der Waals surface area contributed by atoms with Crippen LogP contribution in [0.1, 0.15) is 50.3 Å². The second kappa shape index (κ2) is 6.46. The van der Waals surface area contributed by atoms with Crippen molar-refractivity contribution in [3.63, 3.8) is 0 Å². The minimum Gasteiger partial charge on any atom is -0.314 e. The number of nitrogens with zero attached hydrogens (tertiary/aromatic N) is 4. The van der Waals surface area contributed by atoms with E-state index >= 15 is 0 Å². The SMILES string of the molecule is CN(c1ccc(F)cc1)c1nnc(C2CCCCCC2)n1C. The molecule has 3 rings (SSSR count). The molecule has 1 aromatic heterocycles. The number of anilines is 2. The molecule has 1 aliphatic carbocycles. The lowest BCUT2D eigenvalue weighted by atomic mass is 10.00. The Morgan fingerprint density at radius 1 is 1.05 bits per heavy atom. The summed E-state index contributed by atoms with van der Waals surface area (Å²) in [5.41, 5.74) is 0.907. The normalized spacial score (nSPS) is 16.5. The summed E-state index contributed by atoms with van der Waals surface area (Å²) in [6.07, 6.45) is 7.62. The van der Waals surface area contributed by atoms with Crippen molar-refractivity contribution in [3.8, 4) is 0 Å². The third-order valence-corrected chi connectivity index (χ3v) is 4.62. The van der Waals surface area contributed by atoms with Gasteiger partial charge in [-0.15, -0.1) is 10.2 Å². The lowest BCUT2D eigenvalue weighted by Crippen LogP contribution is -2.16. The molecule has 0 unspecified atom stereocenters. The van der Waals surface area contributed by atoms with Crippen molar-refractivity contribution in [3.05, 3.63) is 35.9 Å². The van der Waals surface area contributed by atoms with Gasteiger partial charge in [-0.3, -0.25) is 4.57 Å². The van der Waals surface area contributed by atoms with Crippen LogP contribution in [0.3, 0.4) is 0 Å². The predicted octanol–water partition coefficient (Wildman–Crippen LogP) is 4.16. The second-order valence-corrected chi connectivity index (χ2v) is 6.14. The zero-order chi connectivity index (χ0) is 15.5. The molecule has 4 nitrogen and oxygen atoms in total. The molecule has 0 bridgehead atoms. The fraction of sp³-hybridized carbons (Fsp3) is 0.529. The highest BCUT2D eigenvalue weighted by Crippen LogP contribution is 2.32. The highest BCUT2D eigenvalue weighted by molar-refractivity contribution is 5.56. The van der Waals surface area contributed by atoms with Gasteiger partial charge in [0.15, 0.2) is 0 Å². The van der Waals surface area contributed by atoms with Crippen molar-refractivity contribution in [1.82, 2.24) is 14.8 Å². The Balaban J connectivity index is 1.84. The number of benzene rings is 1. The minimum atomic E-state index is -0.228. The molecule has 0 amide bonds. The van der Waals surface area contributed by atoms with Gasteiger partial charge in [-0.1, -0.05) is 25.7 Å². The van der Waals surface area contributed by atoms with E-state index in [2.05, 4.69) is 14.8 Å². The van der Waals surface area contributed by atoms with E-state index in [4.69, 9.17) is 0 Å². The molecule has 1 heterocycles. The van der Waals surface area contributed by atoms with Crippen LogP contribution in [0, 0.1) is 5.82 Å². The standard InChI is InChI=1S/C17H23FN4/c1-21(15-11-9-14(18)10-12-15)17-20-19-16(22(17)2)13-7-5-3-4-6-8-13/h9-13H,3-8H2,1-2H3. The van der Waals surface area contributed by atoms with E-state index in [-0.39, 0.29) is 5.82 Å². The smallest absolute Gasteiger partial charge is 0.231 e. The van der Waals surface area contributed by atoms with E-state index in [0.717, 1.165) is 17.5 Å². The lowest BCUT2D eigenvalue weighted by molar-refractivity contribution is 0.541. The molecule has 0 atom stereocenters. The van der Waals surface area contributed by atoms with Crippen molar-refractivity contribution < 1.29 is 4.39 Å².